The summed E-state index contributed by atoms with van der Waals surface area (Å²) in [6.45, 7) is 10.5. The molecule has 0 saturated carbocycles. The molecule has 0 N–H and O–H groups in total. The molecule has 0 rings (SSSR count). The molecule has 0 amide bonds. The summed E-state index contributed by atoms with van der Waals surface area (Å²) in [6, 6.07) is 0. The molecule has 0 aromatic rings. The summed E-state index contributed by atoms with van der Waals surface area (Å²) in [6.07, 6.45) is 0. The molecule has 0 bridgehead atoms. The van der Waals surface area contributed by atoms with Crippen molar-refractivity contribution in [1.29, 1.82) is 0 Å². The molecule has 0 atom stereocenters. The van der Waals surface area contributed by atoms with Gasteiger partial charge in [-0.2, -0.15) is 0 Å². The second kappa shape index (κ2) is 4.90. The molecule has 0 spiro atoms. The maximum atomic E-state index is 4.15. The van der Waals surface area contributed by atoms with Crippen LogP contribution in [0.5, 0.6) is 0 Å². The number of nitrogens with zero attached hydrogens (tertiary/aromatic N) is 1. The first kappa shape index (κ1) is 11.8. The van der Waals surface area contributed by atoms with Crippen LogP contribution in [0.1, 0.15) is 20.8 Å². The average molecular weight is 188 g/mol. The van der Waals surface area contributed by atoms with Crippen LogP contribution in [0.4, 0.5) is 0 Å². The minimum Gasteiger partial charge on any atom is -0.684 e. The largest absolute Gasteiger partial charge is 0.684 e. The van der Waals surface area contributed by atoms with Crippen molar-refractivity contribution in [3.05, 3.63) is 12.2 Å². The summed E-state index contributed by atoms with van der Waals surface area (Å²) < 4.78 is 0. The van der Waals surface area contributed by atoms with Gasteiger partial charge in [0, 0.05) is 32.7 Å². The van der Waals surface area contributed by atoms with Gasteiger partial charge in [-0.15, -0.1) is 5.54 Å². The zero-order chi connectivity index (χ0) is 5.91. The van der Waals surface area contributed by atoms with Crippen LogP contribution in [0, 0.1) is 6.92 Å². The third-order valence-electron chi connectivity index (χ3n) is 0.586. The molecule has 0 heterocycles. The van der Waals surface area contributed by atoms with E-state index in [9.17, 15) is 0 Å². The molecule has 0 aliphatic heterocycles. The van der Waals surface area contributed by atoms with E-state index in [0.717, 1.165) is 0 Å². The molecule has 47 valence electrons. The Labute approximate surface area is 77.5 Å². The predicted molar refractivity (Wildman–Crippen MR) is 33.3 cm³/mol. The fraction of sp³-hybridized carbons (Fsp3) is 0.833. The van der Waals surface area contributed by atoms with Gasteiger partial charge in [0.05, 0.1) is 0 Å². The normalized spacial score (nSPS) is 10.5. The van der Waals surface area contributed by atoms with Crippen molar-refractivity contribution in [1.82, 2.24) is 0 Å². The molecule has 2 heteroatoms. The van der Waals surface area contributed by atoms with E-state index in [0.29, 0.717) is 6.54 Å². The average Bonchev–Trinajstić information content (AvgIpc) is 1.30. The van der Waals surface area contributed by atoms with E-state index < -0.39 is 0 Å². The molecule has 1 nitrogen and oxygen atoms in total. The van der Waals surface area contributed by atoms with Crippen LogP contribution in [0.3, 0.4) is 0 Å². The van der Waals surface area contributed by atoms with E-state index in [4.69, 9.17) is 0 Å². The summed E-state index contributed by atoms with van der Waals surface area (Å²) in [7, 11) is 0. The van der Waals surface area contributed by atoms with Crippen LogP contribution in [-0.2, 0) is 32.7 Å². The third-order valence-corrected chi connectivity index (χ3v) is 0.586. The SMILES string of the molecule is [CH2-]C[N-]C(C)(C)C.[Y]. The number of hydrogen-bond acceptors (Lipinski definition) is 0. The number of hydrogen-bond donors (Lipinski definition) is 0. The quantitative estimate of drug-likeness (QED) is 0.558. The Morgan fingerprint density at radius 1 is 1.38 bits per heavy atom. The van der Waals surface area contributed by atoms with Gasteiger partial charge in [-0.25, -0.2) is 0 Å². The zero-order valence-electron chi connectivity index (χ0n) is 5.94. The van der Waals surface area contributed by atoms with Crippen molar-refractivity contribution < 1.29 is 32.7 Å². The maximum absolute atomic E-state index is 4.15. The van der Waals surface area contributed by atoms with E-state index in [2.05, 4.69) is 33.0 Å². The standard InChI is InChI=1S/C6H13N.Y/c1-5-7-6(2,3)4;/h1,5H2,2-4H3;/q-2;. The van der Waals surface area contributed by atoms with E-state index in [1.165, 1.54) is 0 Å². The van der Waals surface area contributed by atoms with Crippen molar-refractivity contribution in [2.45, 2.75) is 26.3 Å². The third kappa shape index (κ3) is 10.1. The molecule has 0 saturated heterocycles. The van der Waals surface area contributed by atoms with Crippen LogP contribution < -0.4 is 0 Å². The first-order chi connectivity index (χ1) is 3.06. The van der Waals surface area contributed by atoms with E-state index in [1.807, 2.05) is 0 Å². The van der Waals surface area contributed by atoms with Gasteiger partial charge >= 0.3 is 0 Å². The van der Waals surface area contributed by atoms with Gasteiger partial charge in [-0.1, -0.05) is 20.8 Å². The van der Waals surface area contributed by atoms with Crippen LogP contribution in [0.2, 0.25) is 0 Å². The Hall–Kier alpha value is 1.06. The fourth-order valence-corrected chi connectivity index (χ4v) is 0.335. The predicted octanol–water partition coefficient (Wildman–Crippen LogP) is 1.99. The van der Waals surface area contributed by atoms with Crippen LogP contribution in [0.25, 0.3) is 5.32 Å². The van der Waals surface area contributed by atoms with Gasteiger partial charge in [0.2, 0.25) is 0 Å². The van der Waals surface area contributed by atoms with E-state index in [-0.39, 0.29) is 38.2 Å². The fourth-order valence-electron chi connectivity index (χ4n) is 0.335. The van der Waals surface area contributed by atoms with Gasteiger partial charge in [0.1, 0.15) is 0 Å². The first-order valence-corrected chi connectivity index (χ1v) is 2.54. The summed E-state index contributed by atoms with van der Waals surface area (Å²) >= 11 is 0. The summed E-state index contributed by atoms with van der Waals surface area (Å²) in [5.74, 6) is 0. The van der Waals surface area contributed by atoms with Gasteiger partial charge in [-0.3, -0.25) is 6.54 Å². The Morgan fingerprint density at radius 2 is 1.75 bits per heavy atom. The van der Waals surface area contributed by atoms with Crippen molar-refractivity contribution in [2.75, 3.05) is 6.54 Å². The van der Waals surface area contributed by atoms with Crippen molar-refractivity contribution in [3.8, 4) is 0 Å². The first-order valence-electron chi connectivity index (χ1n) is 2.54. The van der Waals surface area contributed by atoms with E-state index in [1.54, 1.807) is 0 Å². The van der Waals surface area contributed by atoms with Gasteiger partial charge in [0.25, 0.3) is 0 Å². The molecule has 8 heavy (non-hydrogen) atoms. The van der Waals surface area contributed by atoms with Crippen LogP contribution in [-0.4, -0.2) is 12.1 Å². The van der Waals surface area contributed by atoms with Crippen molar-refractivity contribution in [3.63, 3.8) is 0 Å². The molecule has 0 aliphatic carbocycles. The molecule has 0 aromatic heterocycles. The maximum Gasteiger partial charge on any atom is 0 e. The van der Waals surface area contributed by atoms with Crippen LogP contribution in [0.15, 0.2) is 0 Å². The zero-order valence-corrected chi connectivity index (χ0v) is 8.78. The van der Waals surface area contributed by atoms with Crippen molar-refractivity contribution in [2.24, 2.45) is 0 Å². The molecule has 0 aliphatic rings. The Morgan fingerprint density at radius 3 is 1.75 bits per heavy atom. The summed E-state index contributed by atoms with van der Waals surface area (Å²) in [5, 5.41) is 4.15. The molecular weight excluding hydrogens is 175 g/mol. The smallest absolute Gasteiger partial charge is 0 e. The van der Waals surface area contributed by atoms with Gasteiger partial charge in [0.15, 0.2) is 0 Å². The number of rotatable bonds is 1. The Bertz CT molecular complexity index is 47.0. The Kier molecular flexibility index (Phi) is 7.23. The summed E-state index contributed by atoms with van der Waals surface area (Å²) in [5.41, 5.74) is 0.113. The minimum absolute atomic E-state index is 0. The monoisotopic (exact) mass is 188 g/mol. The van der Waals surface area contributed by atoms with Gasteiger partial charge in [-0.05, 0) is 0 Å². The topological polar surface area (TPSA) is 14.1 Å². The second-order valence-electron chi connectivity index (χ2n) is 2.55. The van der Waals surface area contributed by atoms with Crippen molar-refractivity contribution >= 4 is 0 Å². The van der Waals surface area contributed by atoms with Gasteiger partial charge < -0.3 is 12.2 Å². The molecule has 0 fully saturated rings. The molecule has 1 radical (unpaired) electrons. The molecular formula is C6H13NY-2. The molecule has 0 aromatic carbocycles. The van der Waals surface area contributed by atoms with Crippen LogP contribution >= 0.6 is 0 Å². The summed E-state index contributed by atoms with van der Waals surface area (Å²) in [4.78, 5) is 0. The Balaban J connectivity index is 0. The molecule has 0 unspecified atom stereocenters. The minimum atomic E-state index is 0. The van der Waals surface area contributed by atoms with E-state index >= 15 is 0 Å². The second-order valence-corrected chi connectivity index (χ2v) is 2.55.